The second-order valence-electron chi connectivity index (χ2n) is 6.02. The van der Waals surface area contributed by atoms with E-state index in [0.29, 0.717) is 16.9 Å². The number of rotatable bonds is 5. The molecule has 0 saturated carbocycles. The lowest BCUT2D eigenvalue weighted by Gasteiger charge is -2.16. The molecule has 2 aromatic rings. The standard InChI is InChI=1S/C19H18FN3O3/c1-12(24)22-14-6-8-15(9-7-14)23-18(25)10-17(19(23)26)21-11-13-4-2-3-5-16(13)20/h2-9,17,21H,10-11H2,1H3,(H,22,24). The van der Waals surface area contributed by atoms with Crippen molar-refractivity contribution < 1.29 is 18.8 Å². The molecule has 0 radical (unpaired) electrons. The van der Waals surface area contributed by atoms with Crippen molar-refractivity contribution >= 4 is 29.1 Å². The third-order valence-electron chi connectivity index (χ3n) is 4.09. The van der Waals surface area contributed by atoms with E-state index in [-0.39, 0.29) is 36.5 Å². The molecule has 3 rings (SSSR count). The van der Waals surface area contributed by atoms with Gasteiger partial charge in [0.25, 0.3) is 5.91 Å². The molecule has 1 aliphatic heterocycles. The number of benzene rings is 2. The predicted octanol–water partition coefficient (Wildman–Crippen LogP) is 2.21. The Kier molecular flexibility index (Phi) is 5.09. The molecule has 1 atom stereocenters. The zero-order valence-corrected chi connectivity index (χ0v) is 14.2. The summed E-state index contributed by atoms with van der Waals surface area (Å²) in [5.41, 5.74) is 1.45. The molecule has 6 nitrogen and oxygen atoms in total. The first-order chi connectivity index (χ1) is 12.5. The minimum Gasteiger partial charge on any atom is -0.326 e. The van der Waals surface area contributed by atoms with Crippen LogP contribution in [0.5, 0.6) is 0 Å². The molecule has 1 unspecified atom stereocenters. The Balaban J connectivity index is 1.68. The van der Waals surface area contributed by atoms with Crippen molar-refractivity contribution in [2.45, 2.75) is 25.9 Å². The van der Waals surface area contributed by atoms with Crippen molar-refractivity contribution in [1.82, 2.24) is 5.32 Å². The average Bonchev–Trinajstić information content (AvgIpc) is 2.88. The van der Waals surface area contributed by atoms with E-state index in [1.807, 2.05) is 0 Å². The number of nitrogens with zero attached hydrogens (tertiary/aromatic N) is 1. The van der Waals surface area contributed by atoms with Gasteiger partial charge in [0.05, 0.1) is 18.2 Å². The largest absolute Gasteiger partial charge is 0.326 e. The lowest BCUT2D eigenvalue weighted by molar-refractivity contribution is -0.121. The first-order valence-corrected chi connectivity index (χ1v) is 8.17. The van der Waals surface area contributed by atoms with Gasteiger partial charge in [-0.15, -0.1) is 0 Å². The fourth-order valence-electron chi connectivity index (χ4n) is 2.83. The third kappa shape index (κ3) is 3.78. The molecule has 0 bridgehead atoms. The zero-order chi connectivity index (χ0) is 18.7. The topological polar surface area (TPSA) is 78.5 Å². The second-order valence-corrected chi connectivity index (χ2v) is 6.02. The molecule has 1 aliphatic rings. The minimum absolute atomic E-state index is 0.0146. The Hall–Kier alpha value is -3.06. The maximum absolute atomic E-state index is 13.7. The fourth-order valence-corrected chi connectivity index (χ4v) is 2.83. The van der Waals surface area contributed by atoms with Gasteiger partial charge in [0.15, 0.2) is 0 Å². The predicted molar refractivity (Wildman–Crippen MR) is 94.9 cm³/mol. The number of hydrogen-bond acceptors (Lipinski definition) is 4. The first kappa shape index (κ1) is 17.8. The molecular formula is C19H18FN3O3. The molecule has 3 amide bonds. The summed E-state index contributed by atoms with van der Waals surface area (Å²) in [5.74, 6) is -1.27. The summed E-state index contributed by atoms with van der Waals surface area (Å²) in [4.78, 5) is 37.0. The molecule has 26 heavy (non-hydrogen) atoms. The van der Waals surface area contributed by atoms with Crippen molar-refractivity contribution in [3.05, 3.63) is 59.9 Å². The van der Waals surface area contributed by atoms with E-state index in [0.717, 1.165) is 4.90 Å². The average molecular weight is 355 g/mol. The van der Waals surface area contributed by atoms with Gasteiger partial charge < -0.3 is 10.6 Å². The van der Waals surface area contributed by atoms with Gasteiger partial charge in [-0.3, -0.25) is 14.4 Å². The van der Waals surface area contributed by atoms with Crippen LogP contribution in [0.25, 0.3) is 0 Å². The Morgan fingerprint density at radius 2 is 1.85 bits per heavy atom. The van der Waals surface area contributed by atoms with Crippen LogP contribution in [0.3, 0.4) is 0 Å². The number of hydrogen-bond donors (Lipinski definition) is 2. The van der Waals surface area contributed by atoms with Gasteiger partial charge in [-0.05, 0) is 30.3 Å². The molecule has 134 valence electrons. The summed E-state index contributed by atoms with van der Waals surface area (Å²) in [7, 11) is 0. The van der Waals surface area contributed by atoms with Gasteiger partial charge in [-0.25, -0.2) is 9.29 Å². The Morgan fingerprint density at radius 1 is 1.15 bits per heavy atom. The van der Waals surface area contributed by atoms with E-state index >= 15 is 0 Å². The van der Waals surface area contributed by atoms with Crippen molar-refractivity contribution in [2.75, 3.05) is 10.2 Å². The van der Waals surface area contributed by atoms with Crippen LogP contribution in [0.4, 0.5) is 15.8 Å². The minimum atomic E-state index is -0.697. The summed E-state index contributed by atoms with van der Waals surface area (Å²) in [6.45, 7) is 1.55. The molecule has 1 saturated heterocycles. The van der Waals surface area contributed by atoms with E-state index in [1.165, 1.54) is 13.0 Å². The fraction of sp³-hybridized carbons (Fsp3) is 0.211. The van der Waals surface area contributed by atoms with Crippen LogP contribution in [0.1, 0.15) is 18.9 Å². The molecule has 1 fully saturated rings. The lowest BCUT2D eigenvalue weighted by atomic mass is 10.2. The van der Waals surface area contributed by atoms with Gasteiger partial charge in [-0.1, -0.05) is 18.2 Å². The van der Waals surface area contributed by atoms with Crippen LogP contribution in [0, 0.1) is 5.82 Å². The molecule has 7 heteroatoms. The monoisotopic (exact) mass is 355 g/mol. The molecule has 0 spiro atoms. The highest BCUT2D eigenvalue weighted by molar-refractivity contribution is 6.22. The normalized spacial score (nSPS) is 16.8. The molecule has 2 aromatic carbocycles. The number of nitrogens with one attached hydrogen (secondary N) is 2. The van der Waals surface area contributed by atoms with Crippen molar-refractivity contribution in [3.63, 3.8) is 0 Å². The van der Waals surface area contributed by atoms with E-state index in [9.17, 15) is 18.8 Å². The van der Waals surface area contributed by atoms with Crippen LogP contribution in [-0.2, 0) is 20.9 Å². The van der Waals surface area contributed by atoms with Crippen molar-refractivity contribution in [2.24, 2.45) is 0 Å². The van der Waals surface area contributed by atoms with Gasteiger partial charge in [0.2, 0.25) is 11.8 Å². The number of amides is 3. The highest BCUT2D eigenvalue weighted by Gasteiger charge is 2.39. The quantitative estimate of drug-likeness (QED) is 0.806. The van der Waals surface area contributed by atoms with Gasteiger partial charge in [-0.2, -0.15) is 0 Å². The lowest BCUT2D eigenvalue weighted by Crippen LogP contribution is -2.38. The summed E-state index contributed by atoms with van der Waals surface area (Å²) in [5, 5.41) is 5.57. The van der Waals surface area contributed by atoms with Crippen LogP contribution in [-0.4, -0.2) is 23.8 Å². The maximum atomic E-state index is 13.7. The van der Waals surface area contributed by atoms with Crippen LogP contribution in [0.15, 0.2) is 48.5 Å². The number of imide groups is 1. The zero-order valence-electron chi connectivity index (χ0n) is 14.2. The smallest absolute Gasteiger partial charge is 0.251 e. The Labute approximate surface area is 150 Å². The van der Waals surface area contributed by atoms with E-state index in [2.05, 4.69) is 10.6 Å². The first-order valence-electron chi connectivity index (χ1n) is 8.17. The van der Waals surface area contributed by atoms with Crippen molar-refractivity contribution in [3.8, 4) is 0 Å². The highest BCUT2D eigenvalue weighted by atomic mass is 19.1. The van der Waals surface area contributed by atoms with E-state index in [4.69, 9.17) is 0 Å². The Bertz CT molecular complexity index is 851. The third-order valence-corrected chi connectivity index (χ3v) is 4.09. The summed E-state index contributed by atoms with van der Waals surface area (Å²) < 4.78 is 13.7. The van der Waals surface area contributed by atoms with E-state index in [1.54, 1.807) is 42.5 Å². The van der Waals surface area contributed by atoms with Crippen LogP contribution < -0.4 is 15.5 Å². The molecule has 1 heterocycles. The molecule has 0 aliphatic carbocycles. The SMILES string of the molecule is CC(=O)Nc1ccc(N2C(=O)CC(NCc3ccccc3F)C2=O)cc1. The van der Waals surface area contributed by atoms with Crippen LogP contribution >= 0.6 is 0 Å². The molecular weight excluding hydrogens is 337 g/mol. The van der Waals surface area contributed by atoms with Crippen molar-refractivity contribution in [1.29, 1.82) is 0 Å². The molecule has 2 N–H and O–H groups in total. The van der Waals surface area contributed by atoms with Crippen LogP contribution in [0.2, 0.25) is 0 Å². The maximum Gasteiger partial charge on any atom is 0.251 e. The highest BCUT2D eigenvalue weighted by Crippen LogP contribution is 2.24. The second kappa shape index (κ2) is 7.45. The Morgan fingerprint density at radius 3 is 2.50 bits per heavy atom. The summed E-state index contributed by atoms with van der Waals surface area (Å²) >= 11 is 0. The molecule has 0 aromatic heterocycles. The summed E-state index contributed by atoms with van der Waals surface area (Å²) in [6, 6.07) is 12.0. The number of anilines is 2. The summed E-state index contributed by atoms with van der Waals surface area (Å²) in [6.07, 6.45) is 0.0146. The number of halogens is 1. The number of carbonyl (C=O) groups excluding carboxylic acids is 3. The van der Waals surface area contributed by atoms with Gasteiger partial charge >= 0.3 is 0 Å². The van der Waals surface area contributed by atoms with Gasteiger partial charge in [0.1, 0.15) is 5.82 Å². The van der Waals surface area contributed by atoms with E-state index < -0.39 is 6.04 Å². The number of carbonyl (C=O) groups is 3. The van der Waals surface area contributed by atoms with Gasteiger partial charge in [0, 0.05) is 24.7 Å².